The quantitative estimate of drug-likeness (QED) is 0.780. The van der Waals surface area contributed by atoms with Crippen LogP contribution in [0.3, 0.4) is 0 Å². The Hall–Kier alpha value is -0.900. The molecule has 1 amide bonds. The van der Waals surface area contributed by atoms with E-state index in [1.165, 1.54) is 6.42 Å². The molecule has 1 atom stereocenters. The van der Waals surface area contributed by atoms with Crippen LogP contribution >= 0.6 is 0 Å². The van der Waals surface area contributed by atoms with Crippen LogP contribution in [0.1, 0.15) is 45.4 Å². The van der Waals surface area contributed by atoms with Crippen LogP contribution in [0.5, 0.6) is 0 Å². The molecule has 0 aromatic heterocycles. The molecule has 17 heavy (non-hydrogen) atoms. The number of hydrogen-bond donors (Lipinski definition) is 1. The monoisotopic (exact) mass is 238 g/mol. The number of piperidine rings is 1. The molecule has 1 N–H and O–H groups in total. The van der Waals surface area contributed by atoms with Crippen molar-refractivity contribution in [3.05, 3.63) is 0 Å². The number of rotatable bonds is 5. The van der Waals surface area contributed by atoms with Gasteiger partial charge in [0, 0.05) is 18.5 Å². The fourth-order valence-electron chi connectivity index (χ4n) is 2.52. The molecule has 0 spiro atoms. The summed E-state index contributed by atoms with van der Waals surface area (Å²) in [6.45, 7) is 3.06. The Morgan fingerprint density at radius 3 is 2.65 bits per heavy atom. The van der Waals surface area contributed by atoms with Gasteiger partial charge < -0.3 is 5.32 Å². The lowest BCUT2D eigenvalue weighted by molar-refractivity contribution is -0.125. The van der Waals surface area contributed by atoms with Gasteiger partial charge in [0.05, 0.1) is 6.54 Å². The Labute approximate surface area is 103 Å². The minimum absolute atomic E-state index is 0.128. The first-order valence-corrected chi connectivity index (χ1v) is 6.68. The van der Waals surface area contributed by atoms with Gasteiger partial charge in [0.25, 0.3) is 0 Å². The highest BCUT2D eigenvalue weighted by molar-refractivity contribution is 5.79. The first-order chi connectivity index (χ1) is 8.15. The molecule has 1 saturated heterocycles. The number of nitrogens with one attached hydrogen (secondary N) is 1. The standard InChI is InChI=1S/C13H22N2O2/c1-10(16)8-12-4-2-3-7-15(12)9-13(17)14-11-5-6-11/h11-12H,2-9H2,1H3,(H,14,17). The van der Waals surface area contributed by atoms with Crippen LogP contribution < -0.4 is 5.32 Å². The number of amides is 1. The van der Waals surface area contributed by atoms with E-state index >= 15 is 0 Å². The summed E-state index contributed by atoms with van der Waals surface area (Å²) < 4.78 is 0. The summed E-state index contributed by atoms with van der Waals surface area (Å²) in [5.41, 5.74) is 0. The van der Waals surface area contributed by atoms with Gasteiger partial charge in [-0.1, -0.05) is 6.42 Å². The molecule has 0 radical (unpaired) electrons. The van der Waals surface area contributed by atoms with Crippen LogP contribution in [-0.2, 0) is 9.59 Å². The van der Waals surface area contributed by atoms with E-state index in [2.05, 4.69) is 10.2 Å². The predicted molar refractivity (Wildman–Crippen MR) is 65.7 cm³/mol. The number of carbonyl (C=O) groups is 2. The van der Waals surface area contributed by atoms with Gasteiger partial charge in [-0.05, 0) is 39.2 Å². The first kappa shape index (κ1) is 12.6. The zero-order chi connectivity index (χ0) is 12.3. The van der Waals surface area contributed by atoms with E-state index in [4.69, 9.17) is 0 Å². The van der Waals surface area contributed by atoms with Crippen molar-refractivity contribution in [2.45, 2.75) is 57.5 Å². The second-order valence-corrected chi connectivity index (χ2v) is 5.37. The minimum Gasteiger partial charge on any atom is -0.352 e. The highest BCUT2D eigenvalue weighted by Gasteiger charge is 2.28. The Balaban J connectivity index is 1.81. The predicted octanol–water partition coefficient (Wildman–Crippen LogP) is 1.10. The van der Waals surface area contributed by atoms with Gasteiger partial charge in [0.1, 0.15) is 5.78 Å². The van der Waals surface area contributed by atoms with E-state index in [0.717, 1.165) is 32.2 Å². The second kappa shape index (κ2) is 5.63. The van der Waals surface area contributed by atoms with Crippen LogP contribution in [0.15, 0.2) is 0 Å². The topological polar surface area (TPSA) is 49.4 Å². The van der Waals surface area contributed by atoms with Gasteiger partial charge in [-0.15, -0.1) is 0 Å². The molecule has 4 heteroatoms. The molecule has 1 unspecified atom stereocenters. The maximum Gasteiger partial charge on any atom is 0.234 e. The van der Waals surface area contributed by atoms with Crippen molar-refractivity contribution in [1.82, 2.24) is 10.2 Å². The second-order valence-electron chi connectivity index (χ2n) is 5.37. The molecule has 1 aliphatic heterocycles. The third kappa shape index (κ3) is 4.11. The number of nitrogens with zero attached hydrogens (tertiary/aromatic N) is 1. The zero-order valence-corrected chi connectivity index (χ0v) is 10.6. The van der Waals surface area contributed by atoms with Crippen molar-refractivity contribution in [3.63, 3.8) is 0 Å². The summed E-state index contributed by atoms with van der Waals surface area (Å²) >= 11 is 0. The fraction of sp³-hybridized carbons (Fsp3) is 0.846. The van der Waals surface area contributed by atoms with Crippen LogP contribution in [0.25, 0.3) is 0 Å². The van der Waals surface area contributed by atoms with Crippen molar-refractivity contribution in [1.29, 1.82) is 0 Å². The van der Waals surface area contributed by atoms with Crippen LogP contribution in [0.4, 0.5) is 0 Å². The SMILES string of the molecule is CC(=O)CC1CCCCN1CC(=O)NC1CC1. The summed E-state index contributed by atoms with van der Waals surface area (Å²) in [5.74, 6) is 0.354. The normalized spacial score (nSPS) is 25.6. The van der Waals surface area contributed by atoms with Gasteiger partial charge >= 0.3 is 0 Å². The molecule has 4 nitrogen and oxygen atoms in total. The van der Waals surface area contributed by atoms with E-state index in [0.29, 0.717) is 19.0 Å². The number of likely N-dealkylation sites (tertiary alicyclic amines) is 1. The molecular weight excluding hydrogens is 216 g/mol. The summed E-state index contributed by atoms with van der Waals surface area (Å²) in [5, 5.41) is 3.01. The highest BCUT2D eigenvalue weighted by atomic mass is 16.2. The van der Waals surface area contributed by atoms with E-state index in [-0.39, 0.29) is 17.7 Å². The van der Waals surface area contributed by atoms with Crippen molar-refractivity contribution < 1.29 is 9.59 Å². The van der Waals surface area contributed by atoms with Gasteiger partial charge in [0.15, 0.2) is 0 Å². The van der Waals surface area contributed by atoms with Crippen LogP contribution in [0, 0.1) is 0 Å². The highest BCUT2D eigenvalue weighted by Crippen LogP contribution is 2.21. The zero-order valence-electron chi connectivity index (χ0n) is 10.6. The lowest BCUT2D eigenvalue weighted by Crippen LogP contribution is -2.46. The van der Waals surface area contributed by atoms with Crippen molar-refractivity contribution in [3.8, 4) is 0 Å². The average molecular weight is 238 g/mol. The van der Waals surface area contributed by atoms with Gasteiger partial charge in [-0.2, -0.15) is 0 Å². The lowest BCUT2D eigenvalue weighted by atomic mass is 9.98. The molecule has 2 fully saturated rings. The Morgan fingerprint density at radius 1 is 1.24 bits per heavy atom. The van der Waals surface area contributed by atoms with Crippen LogP contribution in [0.2, 0.25) is 0 Å². The van der Waals surface area contributed by atoms with Crippen molar-refractivity contribution in [2.24, 2.45) is 0 Å². The number of Topliss-reactive ketones (excluding diaryl/α,β-unsaturated/α-hetero) is 1. The Kier molecular flexibility index (Phi) is 4.15. The number of carbonyl (C=O) groups excluding carboxylic acids is 2. The molecule has 1 saturated carbocycles. The largest absolute Gasteiger partial charge is 0.352 e. The van der Waals surface area contributed by atoms with Gasteiger partial charge in [-0.25, -0.2) is 0 Å². The number of hydrogen-bond acceptors (Lipinski definition) is 3. The molecule has 0 aromatic rings. The van der Waals surface area contributed by atoms with Gasteiger partial charge in [-0.3, -0.25) is 14.5 Å². The Morgan fingerprint density at radius 2 is 2.00 bits per heavy atom. The maximum atomic E-state index is 11.8. The third-order valence-electron chi connectivity index (χ3n) is 3.56. The molecule has 0 aromatic carbocycles. The molecular formula is C13H22N2O2. The molecule has 2 aliphatic rings. The summed E-state index contributed by atoms with van der Waals surface area (Å²) in [6, 6.07) is 0.713. The van der Waals surface area contributed by atoms with E-state index < -0.39 is 0 Å². The van der Waals surface area contributed by atoms with E-state index in [9.17, 15) is 9.59 Å². The van der Waals surface area contributed by atoms with Crippen LogP contribution in [-0.4, -0.2) is 41.8 Å². The Bertz CT molecular complexity index is 300. The van der Waals surface area contributed by atoms with Crippen molar-refractivity contribution >= 4 is 11.7 Å². The summed E-state index contributed by atoms with van der Waals surface area (Å²) in [4.78, 5) is 25.1. The average Bonchev–Trinajstić information content (AvgIpc) is 3.04. The summed E-state index contributed by atoms with van der Waals surface area (Å²) in [6.07, 6.45) is 6.22. The molecule has 2 rings (SSSR count). The lowest BCUT2D eigenvalue weighted by Gasteiger charge is -2.34. The summed E-state index contributed by atoms with van der Waals surface area (Å²) in [7, 11) is 0. The van der Waals surface area contributed by atoms with Gasteiger partial charge in [0.2, 0.25) is 5.91 Å². The third-order valence-corrected chi connectivity index (χ3v) is 3.56. The van der Waals surface area contributed by atoms with E-state index in [1.54, 1.807) is 6.92 Å². The minimum atomic E-state index is 0.128. The maximum absolute atomic E-state index is 11.8. The number of ketones is 1. The van der Waals surface area contributed by atoms with Crippen molar-refractivity contribution in [2.75, 3.05) is 13.1 Å². The molecule has 1 aliphatic carbocycles. The fourth-order valence-corrected chi connectivity index (χ4v) is 2.52. The molecule has 0 bridgehead atoms. The van der Waals surface area contributed by atoms with E-state index in [1.807, 2.05) is 0 Å². The smallest absolute Gasteiger partial charge is 0.234 e. The molecule has 96 valence electrons. The molecule has 1 heterocycles. The first-order valence-electron chi connectivity index (χ1n) is 6.68.